The van der Waals surface area contributed by atoms with Crippen LogP contribution in [0, 0.1) is 12.3 Å². The van der Waals surface area contributed by atoms with Crippen LogP contribution in [0.4, 0.5) is 0 Å². The minimum atomic E-state index is -1.54. The summed E-state index contributed by atoms with van der Waals surface area (Å²) in [5.74, 6) is 2.22. The lowest BCUT2D eigenvalue weighted by atomic mass is 9.99. The van der Waals surface area contributed by atoms with Crippen molar-refractivity contribution in [3.05, 3.63) is 0 Å². The third kappa shape index (κ3) is 2.89. The highest BCUT2D eigenvalue weighted by atomic mass is 16.6. The Morgan fingerprint density at radius 3 is 2.40 bits per heavy atom. The van der Waals surface area contributed by atoms with Crippen LogP contribution in [-0.2, 0) is 9.47 Å². The van der Waals surface area contributed by atoms with Crippen molar-refractivity contribution in [2.24, 2.45) is 0 Å². The Balaban J connectivity index is 2.48. The van der Waals surface area contributed by atoms with E-state index in [2.05, 4.69) is 5.92 Å². The van der Waals surface area contributed by atoms with E-state index in [1.165, 1.54) is 0 Å². The third-order valence-electron chi connectivity index (χ3n) is 2.15. The Bertz CT molecular complexity index is 237. The Hall–Kier alpha value is -0.680. The molecule has 0 aromatic heterocycles. The molecular weight excluding hydrogens is 204 g/mol. The van der Waals surface area contributed by atoms with Gasteiger partial charge in [0.2, 0.25) is 0 Å². The fourth-order valence-corrected chi connectivity index (χ4v) is 1.30. The van der Waals surface area contributed by atoms with Gasteiger partial charge >= 0.3 is 0 Å². The lowest BCUT2D eigenvalue weighted by molar-refractivity contribution is -0.288. The molecule has 1 saturated heterocycles. The number of rotatable bonds is 3. The van der Waals surface area contributed by atoms with Gasteiger partial charge in [-0.1, -0.05) is 5.92 Å². The molecule has 6 nitrogen and oxygen atoms in total. The first-order chi connectivity index (χ1) is 7.07. The van der Waals surface area contributed by atoms with Crippen LogP contribution in [-0.4, -0.2) is 64.3 Å². The summed E-state index contributed by atoms with van der Waals surface area (Å²) in [6.45, 7) is -0.0203. The molecule has 86 valence electrons. The number of ether oxygens (including phenoxy) is 2. The molecule has 15 heavy (non-hydrogen) atoms. The maximum Gasteiger partial charge on any atom is 0.184 e. The first kappa shape index (κ1) is 12.4. The van der Waals surface area contributed by atoms with Crippen molar-refractivity contribution in [3.8, 4) is 12.3 Å². The van der Waals surface area contributed by atoms with E-state index < -0.39 is 30.7 Å². The summed E-state index contributed by atoms with van der Waals surface area (Å²) in [7, 11) is 0. The largest absolute Gasteiger partial charge is 0.387 e. The molecule has 1 rings (SSSR count). The average molecular weight is 218 g/mol. The Kier molecular flexibility index (Phi) is 4.47. The van der Waals surface area contributed by atoms with E-state index in [-0.39, 0.29) is 13.2 Å². The van der Waals surface area contributed by atoms with Crippen LogP contribution in [0.25, 0.3) is 0 Å². The van der Waals surface area contributed by atoms with Gasteiger partial charge in [0.05, 0.1) is 6.61 Å². The van der Waals surface area contributed by atoms with Crippen molar-refractivity contribution in [1.82, 2.24) is 0 Å². The first-order valence-corrected chi connectivity index (χ1v) is 4.47. The first-order valence-electron chi connectivity index (χ1n) is 4.47. The molecule has 0 amide bonds. The maximum absolute atomic E-state index is 9.45. The second-order valence-electron chi connectivity index (χ2n) is 3.26. The van der Waals surface area contributed by atoms with Crippen molar-refractivity contribution in [3.63, 3.8) is 0 Å². The summed E-state index contributed by atoms with van der Waals surface area (Å²) < 4.78 is 9.73. The lowest BCUT2D eigenvalue weighted by Gasteiger charge is -2.38. The van der Waals surface area contributed by atoms with Gasteiger partial charge in [0.25, 0.3) is 0 Å². The summed E-state index contributed by atoms with van der Waals surface area (Å²) in [5.41, 5.74) is 0. The average Bonchev–Trinajstić information content (AvgIpc) is 2.23. The summed E-state index contributed by atoms with van der Waals surface area (Å²) in [6.07, 6.45) is -1.82. The van der Waals surface area contributed by atoms with E-state index in [1.54, 1.807) is 0 Å². The van der Waals surface area contributed by atoms with Crippen LogP contribution in [0.5, 0.6) is 0 Å². The number of aliphatic hydroxyl groups is 4. The second-order valence-corrected chi connectivity index (χ2v) is 3.26. The molecule has 1 fully saturated rings. The van der Waals surface area contributed by atoms with Crippen LogP contribution in [0.3, 0.4) is 0 Å². The quantitative estimate of drug-likeness (QED) is 0.307. The summed E-state index contributed by atoms with van der Waals surface area (Å²) in [4.78, 5) is 0. The highest BCUT2D eigenvalue weighted by Gasteiger charge is 2.42. The molecule has 6 heteroatoms. The van der Waals surface area contributed by atoms with Crippen LogP contribution in [0.1, 0.15) is 0 Å². The zero-order valence-electron chi connectivity index (χ0n) is 7.98. The van der Waals surface area contributed by atoms with Gasteiger partial charge in [-0.2, -0.15) is 0 Å². The lowest BCUT2D eigenvalue weighted by Crippen LogP contribution is -2.58. The number of hydrogen-bond acceptors (Lipinski definition) is 6. The van der Waals surface area contributed by atoms with E-state index >= 15 is 0 Å². The van der Waals surface area contributed by atoms with Gasteiger partial charge in [0.15, 0.2) is 6.29 Å². The molecule has 3 unspecified atom stereocenters. The minimum Gasteiger partial charge on any atom is -0.387 e. The van der Waals surface area contributed by atoms with Crippen molar-refractivity contribution in [2.75, 3.05) is 13.2 Å². The fraction of sp³-hybridized carbons (Fsp3) is 0.778. The van der Waals surface area contributed by atoms with Crippen LogP contribution >= 0.6 is 0 Å². The molecule has 1 aliphatic heterocycles. The molecule has 1 aliphatic rings. The SMILES string of the molecule is C#CCOCC1OC(O)C(O)[C@@H](O)[C@H]1O. The molecular formula is C9H14O6. The monoisotopic (exact) mass is 218 g/mol. The Morgan fingerprint density at radius 2 is 1.80 bits per heavy atom. The molecule has 1 heterocycles. The van der Waals surface area contributed by atoms with E-state index in [1.807, 2.05) is 0 Å². The molecule has 0 radical (unpaired) electrons. The number of hydrogen-bond donors (Lipinski definition) is 4. The minimum absolute atomic E-state index is 0.0430. The molecule has 0 aromatic rings. The van der Waals surface area contributed by atoms with Gasteiger partial charge in [-0.05, 0) is 0 Å². The smallest absolute Gasteiger partial charge is 0.184 e. The summed E-state index contributed by atoms with van der Waals surface area (Å²) >= 11 is 0. The highest BCUT2D eigenvalue weighted by Crippen LogP contribution is 2.19. The molecule has 0 aliphatic carbocycles. The molecule has 4 N–H and O–H groups in total. The molecule has 5 atom stereocenters. The second kappa shape index (κ2) is 5.42. The predicted molar refractivity (Wildman–Crippen MR) is 48.6 cm³/mol. The zero-order valence-corrected chi connectivity index (χ0v) is 7.98. The van der Waals surface area contributed by atoms with Crippen molar-refractivity contribution >= 4 is 0 Å². The van der Waals surface area contributed by atoms with E-state index in [9.17, 15) is 10.2 Å². The van der Waals surface area contributed by atoms with Crippen molar-refractivity contribution in [2.45, 2.75) is 30.7 Å². The van der Waals surface area contributed by atoms with Crippen LogP contribution in [0.15, 0.2) is 0 Å². The molecule has 0 spiro atoms. The normalized spacial score (nSPS) is 41.1. The van der Waals surface area contributed by atoms with Crippen LogP contribution < -0.4 is 0 Å². The number of aliphatic hydroxyl groups excluding tert-OH is 4. The van der Waals surface area contributed by atoms with Gasteiger partial charge < -0.3 is 29.9 Å². The molecule has 0 saturated carbocycles. The zero-order chi connectivity index (χ0) is 11.4. The summed E-state index contributed by atoms with van der Waals surface area (Å²) in [5, 5.41) is 37.1. The Labute approximate surface area is 87.1 Å². The van der Waals surface area contributed by atoms with Crippen molar-refractivity contribution in [1.29, 1.82) is 0 Å². The highest BCUT2D eigenvalue weighted by molar-refractivity contribution is 4.89. The summed E-state index contributed by atoms with van der Waals surface area (Å²) in [6, 6.07) is 0. The van der Waals surface area contributed by atoms with E-state index in [4.69, 9.17) is 26.1 Å². The van der Waals surface area contributed by atoms with Crippen molar-refractivity contribution < 1.29 is 29.9 Å². The third-order valence-corrected chi connectivity index (χ3v) is 2.15. The topological polar surface area (TPSA) is 99.4 Å². The molecule has 0 bridgehead atoms. The van der Waals surface area contributed by atoms with Gasteiger partial charge in [-0.15, -0.1) is 6.42 Å². The van der Waals surface area contributed by atoms with E-state index in [0.717, 1.165) is 0 Å². The standard InChI is InChI=1S/C9H14O6/c1-2-3-14-4-5-6(10)7(11)8(12)9(13)15-5/h1,5-13H,3-4H2/t5?,6-,7-,8?,9?/m0/s1. The van der Waals surface area contributed by atoms with E-state index in [0.29, 0.717) is 0 Å². The predicted octanol–water partition coefficient (Wildman–Crippen LogP) is -2.56. The van der Waals surface area contributed by atoms with Gasteiger partial charge in [0.1, 0.15) is 31.0 Å². The number of terminal acetylenes is 1. The van der Waals surface area contributed by atoms with Gasteiger partial charge in [0, 0.05) is 0 Å². The van der Waals surface area contributed by atoms with Gasteiger partial charge in [-0.3, -0.25) is 0 Å². The molecule has 0 aromatic carbocycles. The fourth-order valence-electron chi connectivity index (χ4n) is 1.30. The Morgan fingerprint density at radius 1 is 1.13 bits per heavy atom. The van der Waals surface area contributed by atoms with Crippen LogP contribution in [0.2, 0.25) is 0 Å². The van der Waals surface area contributed by atoms with Gasteiger partial charge in [-0.25, -0.2) is 0 Å². The maximum atomic E-state index is 9.45.